The highest BCUT2D eigenvalue weighted by Crippen LogP contribution is 2.23. The Morgan fingerprint density at radius 1 is 1.30 bits per heavy atom. The van der Waals surface area contributed by atoms with Crippen molar-refractivity contribution in [3.8, 4) is 0 Å². The van der Waals surface area contributed by atoms with Crippen LogP contribution in [0.3, 0.4) is 0 Å². The van der Waals surface area contributed by atoms with Crippen molar-refractivity contribution in [2.24, 2.45) is 0 Å². The van der Waals surface area contributed by atoms with E-state index >= 15 is 0 Å². The maximum absolute atomic E-state index is 12.3. The van der Waals surface area contributed by atoms with E-state index in [0.29, 0.717) is 18.6 Å². The number of hydrogen-bond acceptors (Lipinski definition) is 3. The summed E-state index contributed by atoms with van der Waals surface area (Å²) in [6.45, 7) is 0.544. The van der Waals surface area contributed by atoms with Gasteiger partial charge in [0.25, 0.3) is 0 Å². The first-order valence-corrected chi connectivity index (χ1v) is 7.95. The summed E-state index contributed by atoms with van der Waals surface area (Å²) in [5.74, 6) is 0.233. The van der Waals surface area contributed by atoms with Gasteiger partial charge >= 0.3 is 0 Å². The van der Waals surface area contributed by atoms with Gasteiger partial charge in [0.05, 0.1) is 6.54 Å². The topological polar surface area (TPSA) is 35.6 Å². The minimum absolute atomic E-state index is 0.233. The van der Waals surface area contributed by atoms with Crippen molar-refractivity contribution in [3.63, 3.8) is 0 Å². The standard InChI is InChI=1S/C16H29N3O/c1-17-13-8-10-14(11-9-13)18(2)12-16(20)19(3)15-6-4-5-7-15/h6,13-14,17H,4-5,7-12H2,1-3H3. The van der Waals surface area contributed by atoms with Crippen LogP contribution in [0.4, 0.5) is 0 Å². The highest BCUT2D eigenvalue weighted by Gasteiger charge is 2.25. The monoisotopic (exact) mass is 279 g/mol. The van der Waals surface area contributed by atoms with Crippen molar-refractivity contribution < 1.29 is 4.79 Å². The molecule has 20 heavy (non-hydrogen) atoms. The normalized spacial score (nSPS) is 26.7. The molecule has 0 atom stereocenters. The van der Waals surface area contributed by atoms with E-state index in [2.05, 4.69) is 23.3 Å². The summed E-state index contributed by atoms with van der Waals surface area (Å²) in [6, 6.07) is 1.23. The molecule has 4 nitrogen and oxygen atoms in total. The van der Waals surface area contributed by atoms with Gasteiger partial charge in [0, 0.05) is 24.8 Å². The Kier molecular flexibility index (Phi) is 5.61. The van der Waals surface area contributed by atoms with Gasteiger partial charge in [-0.25, -0.2) is 0 Å². The number of hydrogen-bond donors (Lipinski definition) is 1. The van der Waals surface area contributed by atoms with Crippen molar-refractivity contribution in [1.29, 1.82) is 0 Å². The molecule has 2 aliphatic rings. The average molecular weight is 279 g/mol. The molecule has 0 spiro atoms. The lowest BCUT2D eigenvalue weighted by Crippen LogP contribution is -2.44. The summed E-state index contributed by atoms with van der Waals surface area (Å²) in [5, 5.41) is 3.36. The molecule has 0 aromatic rings. The Labute approximate surface area is 123 Å². The maximum Gasteiger partial charge on any atom is 0.240 e. The predicted octanol–water partition coefficient (Wildman–Crippen LogP) is 1.97. The Morgan fingerprint density at radius 3 is 2.55 bits per heavy atom. The van der Waals surface area contributed by atoms with Gasteiger partial charge in [0.1, 0.15) is 0 Å². The van der Waals surface area contributed by atoms with Gasteiger partial charge in [0.2, 0.25) is 5.91 Å². The number of rotatable bonds is 5. The number of likely N-dealkylation sites (N-methyl/N-ethyl adjacent to an activating group) is 2. The van der Waals surface area contributed by atoms with E-state index in [1.54, 1.807) is 0 Å². The molecule has 114 valence electrons. The van der Waals surface area contributed by atoms with Crippen molar-refractivity contribution in [2.45, 2.75) is 57.0 Å². The second-order valence-electron chi connectivity index (χ2n) is 6.25. The second kappa shape index (κ2) is 7.23. The summed E-state index contributed by atoms with van der Waals surface area (Å²) in [5.41, 5.74) is 1.21. The fourth-order valence-corrected chi connectivity index (χ4v) is 3.37. The van der Waals surface area contributed by atoms with E-state index in [4.69, 9.17) is 0 Å². The van der Waals surface area contributed by atoms with Crippen LogP contribution in [-0.4, -0.2) is 55.5 Å². The number of carbonyl (C=O) groups excluding carboxylic acids is 1. The van der Waals surface area contributed by atoms with Gasteiger partial charge in [-0.15, -0.1) is 0 Å². The fourth-order valence-electron chi connectivity index (χ4n) is 3.37. The number of nitrogens with zero attached hydrogens (tertiary/aromatic N) is 2. The van der Waals surface area contributed by atoms with E-state index in [0.717, 1.165) is 12.8 Å². The van der Waals surface area contributed by atoms with E-state index < -0.39 is 0 Å². The van der Waals surface area contributed by atoms with Crippen molar-refractivity contribution in [3.05, 3.63) is 11.8 Å². The molecule has 2 rings (SSSR count). The van der Waals surface area contributed by atoms with Crippen LogP contribution in [0.5, 0.6) is 0 Å². The first kappa shape index (κ1) is 15.5. The van der Waals surface area contributed by atoms with Crippen LogP contribution >= 0.6 is 0 Å². The van der Waals surface area contributed by atoms with Crippen LogP contribution in [-0.2, 0) is 4.79 Å². The summed E-state index contributed by atoms with van der Waals surface area (Å²) in [7, 11) is 6.06. The molecule has 0 unspecified atom stereocenters. The molecule has 4 heteroatoms. The van der Waals surface area contributed by atoms with Crippen LogP contribution in [0.1, 0.15) is 44.9 Å². The molecule has 1 amide bonds. The quantitative estimate of drug-likeness (QED) is 0.836. The lowest BCUT2D eigenvalue weighted by atomic mass is 9.90. The van der Waals surface area contributed by atoms with Crippen LogP contribution in [0.15, 0.2) is 11.8 Å². The number of nitrogens with one attached hydrogen (secondary N) is 1. The molecule has 2 aliphatic carbocycles. The van der Waals surface area contributed by atoms with Gasteiger partial charge in [-0.05, 0) is 59.0 Å². The van der Waals surface area contributed by atoms with Gasteiger partial charge < -0.3 is 10.2 Å². The third-order valence-electron chi connectivity index (χ3n) is 4.93. The van der Waals surface area contributed by atoms with Crippen molar-refractivity contribution >= 4 is 5.91 Å². The fraction of sp³-hybridized carbons (Fsp3) is 0.812. The zero-order valence-electron chi connectivity index (χ0n) is 13.2. The first-order valence-electron chi connectivity index (χ1n) is 7.95. The molecular formula is C16H29N3O. The second-order valence-corrected chi connectivity index (χ2v) is 6.25. The molecular weight excluding hydrogens is 250 g/mol. The summed E-state index contributed by atoms with van der Waals surface area (Å²) >= 11 is 0. The molecule has 1 N–H and O–H groups in total. The Bertz CT molecular complexity index is 359. The van der Waals surface area contributed by atoms with Crippen molar-refractivity contribution in [1.82, 2.24) is 15.1 Å². The van der Waals surface area contributed by atoms with Gasteiger partial charge in [-0.1, -0.05) is 6.08 Å². The summed E-state index contributed by atoms with van der Waals surface area (Å²) in [6.07, 6.45) is 10.4. The van der Waals surface area contributed by atoms with Crippen molar-refractivity contribution in [2.75, 3.05) is 27.7 Å². The molecule has 0 heterocycles. The van der Waals surface area contributed by atoms with Crippen LogP contribution < -0.4 is 5.32 Å². The highest BCUT2D eigenvalue weighted by molar-refractivity contribution is 5.79. The molecule has 1 saturated carbocycles. The molecule has 0 aliphatic heterocycles. The number of amides is 1. The molecule has 0 aromatic carbocycles. The van der Waals surface area contributed by atoms with Crippen LogP contribution in [0, 0.1) is 0 Å². The zero-order chi connectivity index (χ0) is 14.5. The smallest absolute Gasteiger partial charge is 0.240 e. The lowest BCUT2D eigenvalue weighted by Gasteiger charge is -2.35. The molecule has 1 fully saturated rings. The van der Waals surface area contributed by atoms with E-state index in [-0.39, 0.29) is 5.91 Å². The third kappa shape index (κ3) is 3.83. The molecule has 0 aromatic heterocycles. The summed E-state index contributed by atoms with van der Waals surface area (Å²) in [4.78, 5) is 16.4. The van der Waals surface area contributed by atoms with Gasteiger partial charge in [0.15, 0.2) is 0 Å². The van der Waals surface area contributed by atoms with Crippen LogP contribution in [0.25, 0.3) is 0 Å². The predicted molar refractivity (Wildman–Crippen MR) is 82.4 cm³/mol. The SMILES string of the molecule is CNC1CCC(N(C)CC(=O)N(C)C2=CCCC2)CC1. The largest absolute Gasteiger partial charge is 0.318 e. The summed E-state index contributed by atoms with van der Waals surface area (Å²) < 4.78 is 0. The van der Waals surface area contributed by atoms with E-state index in [1.807, 2.05) is 19.0 Å². The maximum atomic E-state index is 12.3. The Balaban J connectivity index is 1.79. The Hall–Kier alpha value is -0.870. The minimum Gasteiger partial charge on any atom is -0.318 e. The number of carbonyl (C=O) groups is 1. The van der Waals surface area contributed by atoms with E-state index in [1.165, 1.54) is 37.8 Å². The third-order valence-corrected chi connectivity index (χ3v) is 4.93. The molecule has 0 bridgehead atoms. The first-order chi connectivity index (χ1) is 9.61. The average Bonchev–Trinajstić information content (AvgIpc) is 3.00. The minimum atomic E-state index is 0.233. The van der Waals surface area contributed by atoms with E-state index in [9.17, 15) is 4.79 Å². The Morgan fingerprint density at radius 2 is 2.00 bits per heavy atom. The lowest BCUT2D eigenvalue weighted by molar-refractivity contribution is -0.129. The van der Waals surface area contributed by atoms with Gasteiger partial charge in [-0.2, -0.15) is 0 Å². The van der Waals surface area contributed by atoms with Crippen LogP contribution in [0.2, 0.25) is 0 Å². The molecule has 0 radical (unpaired) electrons. The molecule has 0 saturated heterocycles. The zero-order valence-corrected chi connectivity index (χ0v) is 13.2. The highest BCUT2D eigenvalue weighted by atomic mass is 16.2. The number of allylic oxidation sites excluding steroid dienone is 2. The van der Waals surface area contributed by atoms with Gasteiger partial charge in [-0.3, -0.25) is 9.69 Å².